The van der Waals surface area contributed by atoms with Crippen LogP contribution in [0.25, 0.3) is 0 Å². The number of carboxylic acid groups (broad SMARTS) is 1. The second kappa shape index (κ2) is 3.88. The molecule has 1 rings (SSSR count). The number of hydrogen-bond acceptors (Lipinski definition) is 3. The van der Waals surface area contributed by atoms with Gasteiger partial charge in [-0.1, -0.05) is 13.8 Å². The summed E-state index contributed by atoms with van der Waals surface area (Å²) in [5.41, 5.74) is -1.06. The van der Waals surface area contributed by atoms with Gasteiger partial charge in [-0.25, -0.2) is 4.79 Å². The van der Waals surface area contributed by atoms with Crippen LogP contribution in [0.3, 0.4) is 0 Å². The molecule has 84 valence electrons. The van der Waals surface area contributed by atoms with Crippen LogP contribution in [0.2, 0.25) is 0 Å². The molecule has 3 N–H and O–H groups in total. The second-order valence-corrected chi connectivity index (χ2v) is 3.79. The van der Waals surface area contributed by atoms with Crippen LogP contribution in [0, 0.1) is 5.92 Å². The lowest BCUT2D eigenvalue weighted by Crippen LogP contribution is -2.48. The first-order chi connectivity index (χ1) is 6.91. The molecule has 0 saturated carbocycles. The van der Waals surface area contributed by atoms with Gasteiger partial charge in [0.05, 0.1) is 5.92 Å². The summed E-state index contributed by atoms with van der Waals surface area (Å²) in [5.74, 6) is -2.09. The molecular formula is C9H14N2O4. The van der Waals surface area contributed by atoms with E-state index in [0.29, 0.717) is 6.42 Å². The Balaban J connectivity index is 2.82. The summed E-state index contributed by atoms with van der Waals surface area (Å²) in [7, 11) is 0. The highest BCUT2D eigenvalue weighted by Gasteiger charge is 2.46. The first-order valence-corrected chi connectivity index (χ1v) is 4.77. The van der Waals surface area contributed by atoms with Crippen molar-refractivity contribution in [3.8, 4) is 0 Å². The molecule has 6 nitrogen and oxygen atoms in total. The maximum Gasteiger partial charge on any atom is 0.322 e. The van der Waals surface area contributed by atoms with Gasteiger partial charge in [0.1, 0.15) is 5.54 Å². The predicted octanol–water partition coefficient (Wildman–Crippen LogP) is 0.0854. The number of urea groups is 1. The molecule has 0 aromatic rings. The molecule has 2 unspecified atom stereocenters. The molecule has 1 fully saturated rings. The van der Waals surface area contributed by atoms with E-state index < -0.39 is 29.4 Å². The van der Waals surface area contributed by atoms with Gasteiger partial charge in [-0.15, -0.1) is 0 Å². The van der Waals surface area contributed by atoms with Crippen molar-refractivity contribution in [2.45, 2.75) is 32.2 Å². The fourth-order valence-electron chi connectivity index (χ4n) is 1.68. The fourth-order valence-corrected chi connectivity index (χ4v) is 1.68. The highest BCUT2D eigenvalue weighted by molar-refractivity contribution is 6.07. The van der Waals surface area contributed by atoms with Crippen LogP contribution in [0.1, 0.15) is 26.7 Å². The quantitative estimate of drug-likeness (QED) is 0.578. The molecule has 1 aliphatic rings. The Kier molecular flexibility index (Phi) is 2.97. The Morgan fingerprint density at radius 3 is 2.47 bits per heavy atom. The number of carbonyl (C=O) groups is 3. The lowest BCUT2D eigenvalue weighted by atomic mass is 9.86. The van der Waals surface area contributed by atoms with E-state index in [2.05, 4.69) is 10.6 Å². The molecular weight excluding hydrogens is 200 g/mol. The molecule has 6 heteroatoms. The van der Waals surface area contributed by atoms with E-state index in [-0.39, 0.29) is 6.42 Å². The van der Waals surface area contributed by atoms with Gasteiger partial charge in [0.2, 0.25) is 0 Å². The zero-order valence-corrected chi connectivity index (χ0v) is 8.66. The third kappa shape index (κ3) is 2.08. The molecule has 0 aliphatic carbocycles. The van der Waals surface area contributed by atoms with Crippen LogP contribution in [0.4, 0.5) is 4.79 Å². The lowest BCUT2D eigenvalue weighted by molar-refractivity contribution is -0.142. The van der Waals surface area contributed by atoms with E-state index in [1.54, 1.807) is 6.92 Å². The van der Waals surface area contributed by atoms with Crippen LogP contribution in [-0.4, -0.2) is 28.6 Å². The molecule has 1 saturated heterocycles. The minimum Gasteiger partial charge on any atom is -0.481 e. The van der Waals surface area contributed by atoms with E-state index in [1.807, 2.05) is 0 Å². The van der Waals surface area contributed by atoms with Gasteiger partial charge in [-0.3, -0.25) is 14.9 Å². The number of rotatable bonds is 4. The van der Waals surface area contributed by atoms with Gasteiger partial charge in [0.15, 0.2) is 0 Å². The van der Waals surface area contributed by atoms with Gasteiger partial charge in [-0.2, -0.15) is 0 Å². The van der Waals surface area contributed by atoms with Crippen molar-refractivity contribution in [3.05, 3.63) is 0 Å². The first kappa shape index (κ1) is 11.5. The summed E-state index contributed by atoms with van der Waals surface area (Å²) in [5, 5.41) is 13.4. The van der Waals surface area contributed by atoms with Crippen molar-refractivity contribution in [3.63, 3.8) is 0 Å². The number of carbonyl (C=O) groups excluding carboxylic acids is 2. The SMILES string of the molecule is CCC1(CC(C)C(=O)O)NC(=O)NC1=O. The summed E-state index contributed by atoms with van der Waals surface area (Å²) in [6.07, 6.45) is 0.485. The van der Waals surface area contributed by atoms with Gasteiger partial charge in [0, 0.05) is 0 Å². The highest BCUT2D eigenvalue weighted by atomic mass is 16.4. The maximum absolute atomic E-state index is 11.5. The standard InChI is InChI=1S/C9H14N2O4/c1-3-9(4-5(2)6(12)13)7(14)10-8(15)11-9/h5H,3-4H2,1-2H3,(H,12,13)(H2,10,11,14,15). The number of amides is 3. The summed E-state index contributed by atoms with van der Waals surface area (Å²) >= 11 is 0. The molecule has 15 heavy (non-hydrogen) atoms. The molecule has 0 radical (unpaired) electrons. The second-order valence-electron chi connectivity index (χ2n) is 3.79. The molecule has 0 spiro atoms. The monoisotopic (exact) mass is 214 g/mol. The van der Waals surface area contributed by atoms with Crippen LogP contribution < -0.4 is 10.6 Å². The third-order valence-electron chi connectivity index (χ3n) is 2.69. The van der Waals surface area contributed by atoms with Crippen molar-refractivity contribution < 1.29 is 19.5 Å². The number of aliphatic carboxylic acids is 1. The zero-order chi connectivity index (χ0) is 11.6. The van der Waals surface area contributed by atoms with Gasteiger partial charge < -0.3 is 10.4 Å². The van der Waals surface area contributed by atoms with Crippen LogP contribution in [0.15, 0.2) is 0 Å². The Labute approximate surface area is 87.0 Å². The van der Waals surface area contributed by atoms with Crippen LogP contribution >= 0.6 is 0 Å². The lowest BCUT2D eigenvalue weighted by Gasteiger charge is -2.25. The molecule has 3 amide bonds. The molecule has 0 aromatic heterocycles. The van der Waals surface area contributed by atoms with Gasteiger partial charge in [-0.05, 0) is 12.8 Å². The van der Waals surface area contributed by atoms with Gasteiger partial charge in [0.25, 0.3) is 5.91 Å². The Bertz CT molecular complexity index is 315. The average molecular weight is 214 g/mol. The third-order valence-corrected chi connectivity index (χ3v) is 2.69. The van der Waals surface area contributed by atoms with Crippen LogP contribution in [0.5, 0.6) is 0 Å². The van der Waals surface area contributed by atoms with Crippen molar-refractivity contribution in [1.82, 2.24) is 10.6 Å². The zero-order valence-electron chi connectivity index (χ0n) is 8.66. The van der Waals surface area contributed by atoms with E-state index in [4.69, 9.17) is 5.11 Å². The van der Waals surface area contributed by atoms with Crippen molar-refractivity contribution >= 4 is 17.9 Å². The Hall–Kier alpha value is -1.59. The summed E-state index contributed by atoms with van der Waals surface area (Å²) in [4.78, 5) is 33.2. The number of nitrogens with one attached hydrogen (secondary N) is 2. The smallest absolute Gasteiger partial charge is 0.322 e. The molecule has 2 atom stereocenters. The molecule has 1 heterocycles. The van der Waals surface area contributed by atoms with Crippen molar-refractivity contribution in [2.75, 3.05) is 0 Å². The predicted molar refractivity (Wildman–Crippen MR) is 51.1 cm³/mol. The summed E-state index contributed by atoms with van der Waals surface area (Å²) in [6.45, 7) is 3.25. The number of hydrogen-bond donors (Lipinski definition) is 3. The van der Waals surface area contributed by atoms with Gasteiger partial charge >= 0.3 is 12.0 Å². The van der Waals surface area contributed by atoms with E-state index >= 15 is 0 Å². The fraction of sp³-hybridized carbons (Fsp3) is 0.667. The Morgan fingerprint density at radius 1 is 1.53 bits per heavy atom. The maximum atomic E-state index is 11.5. The Morgan fingerprint density at radius 2 is 2.13 bits per heavy atom. The average Bonchev–Trinajstić information content (AvgIpc) is 2.42. The van der Waals surface area contributed by atoms with Crippen molar-refractivity contribution in [2.24, 2.45) is 5.92 Å². The molecule has 0 bridgehead atoms. The minimum atomic E-state index is -1.06. The first-order valence-electron chi connectivity index (χ1n) is 4.77. The van der Waals surface area contributed by atoms with E-state index in [1.165, 1.54) is 6.92 Å². The summed E-state index contributed by atoms with van der Waals surface area (Å²) in [6, 6.07) is -0.556. The normalized spacial score (nSPS) is 27.1. The summed E-state index contributed by atoms with van der Waals surface area (Å²) < 4.78 is 0. The van der Waals surface area contributed by atoms with Crippen molar-refractivity contribution in [1.29, 1.82) is 0 Å². The number of imide groups is 1. The van der Waals surface area contributed by atoms with E-state index in [0.717, 1.165) is 0 Å². The minimum absolute atomic E-state index is 0.108. The van der Waals surface area contributed by atoms with E-state index in [9.17, 15) is 14.4 Å². The molecule has 1 aliphatic heterocycles. The highest BCUT2D eigenvalue weighted by Crippen LogP contribution is 2.24. The largest absolute Gasteiger partial charge is 0.481 e. The topological polar surface area (TPSA) is 95.5 Å². The molecule has 0 aromatic carbocycles. The number of carboxylic acids is 1. The van der Waals surface area contributed by atoms with Crippen LogP contribution in [-0.2, 0) is 9.59 Å².